The van der Waals surface area contributed by atoms with Crippen LogP contribution in [0.3, 0.4) is 0 Å². The van der Waals surface area contributed by atoms with Crippen LogP contribution in [0.2, 0.25) is 0 Å². The molecule has 1 atom stereocenters. The van der Waals surface area contributed by atoms with Gasteiger partial charge in [0.25, 0.3) is 0 Å². The van der Waals surface area contributed by atoms with E-state index in [9.17, 15) is 5.11 Å². The third kappa shape index (κ3) is 3.30. The van der Waals surface area contributed by atoms with Gasteiger partial charge < -0.3 is 14.7 Å². The number of oxime groups is 1. The van der Waals surface area contributed by atoms with Gasteiger partial charge in [0.15, 0.2) is 6.10 Å². The van der Waals surface area contributed by atoms with Crippen LogP contribution in [0.4, 0.5) is 0 Å². The maximum Gasteiger partial charge on any atom is 0.235 e. The molecule has 25 heavy (non-hydrogen) atoms. The van der Waals surface area contributed by atoms with E-state index in [1.54, 1.807) is 29.2 Å². The molecule has 2 aromatic heterocycles. The number of aryl methyl sites for hydroxylation is 1. The standard InChI is InChI=1S/C18H16N4O3/c1-22-11-13(9-20-22)16-7-6-15(10-19-16)24-18-8-17(25-21-18)12-2-4-14(23)5-3-12/h2-7,9-11,17,23H,8H2,1H3/t17-/m1/s1. The Labute approximate surface area is 144 Å². The van der Waals surface area contributed by atoms with E-state index in [0.717, 1.165) is 16.8 Å². The topological polar surface area (TPSA) is 81.8 Å². The van der Waals surface area contributed by atoms with Gasteiger partial charge in [-0.1, -0.05) is 17.3 Å². The third-order valence-electron chi connectivity index (χ3n) is 3.88. The van der Waals surface area contributed by atoms with Crippen LogP contribution in [0.1, 0.15) is 18.1 Å². The van der Waals surface area contributed by atoms with E-state index in [1.165, 1.54) is 0 Å². The predicted octanol–water partition coefficient (Wildman–Crippen LogP) is 3.04. The molecule has 1 aromatic carbocycles. The van der Waals surface area contributed by atoms with Gasteiger partial charge in [0, 0.05) is 18.8 Å². The van der Waals surface area contributed by atoms with Gasteiger partial charge in [0.2, 0.25) is 5.90 Å². The fraction of sp³-hybridized carbons (Fsp3) is 0.167. The number of aromatic nitrogens is 3. The lowest BCUT2D eigenvalue weighted by Gasteiger charge is -2.08. The molecule has 3 aromatic rings. The molecular weight excluding hydrogens is 320 g/mol. The van der Waals surface area contributed by atoms with Crippen molar-refractivity contribution in [2.75, 3.05) is 0 Å². The van der Waals surface area contributed by atoms with Crippen molar-refractivity contribution < 1.29 is 14.7 Å². The second-order valence-electron chi connectivity index (χ2n) is 5.76. The van der Waals surface area contributed by atoms with Crippen LogP contribution in [0.15, 0.2) is 60.1 Å². The molecule has 0 fully saturated rings. The molecule has 0 radical (unpaired) electrons. The van der Waals surface area contributed by atoms with E-state index < -0.39 is 0 Å². The van der Waals surface area contributed by atoms with Gasteiger partial charge >= 0.3 is 0 Å². The van der Waals surface area contributed by atoms with Crippen LogP contribution in [0.25, 0.3) is 11.3 Å². The molecule has 0 bridgehead atoms. The molecule has 7 nitrogen and oxygen atoms in total. The lowest BCUT2D eigenvalue weighted by atomic mass is 10.1. The van der Waals surface area contributed by atoms with Crippen molar-refractivity contribution in [3.8, 4) is 22.8 Å². The van der Waals surface area contributed by atoms with Crippen LogP contribution < -0.4 is 4.74 Å². The number of nitrogens with zero attached hydrogens (tertiary/aromatic N) is 4. The van der Waals surface area contributed by atoms with Gasteiger partial charge in [-0.2, -0.15) is 5.10 Å². The number of hydrogen-bond donors (Lipinski definition) is 1. The number of phenols is 1. The van der Waals surface area contributed by atoms with Gasteiger partial charge in [-0.25, -0.2) is 0 Å². The zero-order valence-corrected chi connectivity index (χ0v) is 13.5. The molecule has 1 aliphatic heterocycles. The van der Waals surface area contributed by atoms with E-state index in [-0.39, 0.29) is 11.9 Å². The highest BCUT2D eigenvalue weighted by Crippen LogP contribution is 2.29. The highest BCUT2D eigenvalue weighted by Gasteiger charge is 2.24. The Balaban J connectivity index is 1.40. The third-order valence-corrected chi connectivity index (χ3v) is 3.88. The maximum absolute atomic E-state index is 9.35. The summed E-state index contributed by atoms with van der Waals surface area (Å²) in [6, 6.07) is 10.6. The van der Waals surface area contributed by atoms with E-state index in [1.807, 2.05) is 37.5 Å². The van der Waals surface area contributed by atoms with Gasteiger partial charge in [-0.3, -0.25) is 9.67 Å². The summed E-state index contributed by atoms with van der Waals surface area (Å²) in [5, 5.41) is 17.5. The number of rotatable bonds is 3. The minimum atomic E-state index is -0.210. The molecule has 0 saturated carbocycles. The zero-order valence-electron chi connectivity index (χ0n) is 13.5. The molecule has 3 heterocycles. The Morgan fingerprint density at radius 2 is 2.00 bits per heavy atom. The van der Waals surface area contributed by atoms with Crippen LogP contribution in [0.5, 0.6) is 11.5 Å². The SMILES string of the molecule is Cn1cc(-c2ccc(OC3=NO[C@@H](c4ccc(O)cc4)C3)cn2)cn1. The number of aromatic hydroxyl groups is 1. The Morgan fingerprint density at radius 1 is 1.16 bits per heavy atom. The summed E-state index contributed by atoms with van der Waals surface area (Å²) in [6.45, 7) is 0. The van der Waals surface area contributed by atoms with Crippen LogP contribution in [-0.4, -0.2) is 25.8 Å². The molecule has 4 rings (SSSR count). The number of phenolic OH excluding ortho intramolecular Hbond substituents is 1. The Morgan fingerprint density at radius 3 is 2.68 bits per heavy atom. The summed E-state index contributed by atoms with van der Waals surface area (Å²) in [5.41, 5.74) is 2.71. The van der Waals surface area contributed by atoms with E-state index >= 15 is 0 Å². The van der Waals surface area contributed by atoms with Crippen molar-refractivity contribution in [2.45, 2.75) is 12.5 Å². The minimum absolute atomic E-state index is 0.210. The van der Waals surface area contributed by atoms with Gasteiger partial charge in [0.05, 0.1) is 24.5 Å². The second kappa shape index (κ2) is 6.27. The molecule has 0 spiro atoms. The first-order valence-corrected chi connectivity index (χ1v) is 7.82. The molecule has 0 saturated heterocycles. The van der Waals surface area contributed by atoms with Crippen molar-refractivity contribution in [1.29, 1.82) is 0 Å². The molecule has 0 amide bonds. The van der Waals surface area contributed by atoms with E-state index in [4.69, 9.17) is 9.57 Å². The van der Waals surface area contributed by atoms with E-state index in [2.05, 4.69) is 15.2 Å². The fourth-order valence-electron chi connectivity index (χ4n) is 2.58. The molecule has 0 aliphatic carbocycles. The quantitative estimate of drug-likeness (QED) is 0.795. The molecular formula is C18H16N4O3. The lowest BCUT2D eigenvalue weighted by Crippen LogP contribution is -2.07. The molecule has 0 unspecified atom stereocenters. The first-order chi connectivity index (χ1) is 12.2. The Bertz CT molecular complexity index is 901. The summed E-state index contributed by atoms with van der Waals surface area (Å²) < 4.78 is 7.47. The number of pyridine rings is 1. The van der Waals surface area contributed by atoms with Gasteiger partial charge in [0.1, 0.15) is 11.5 Å². The first kappa shape index (κ1) is 15.2. The average Bonchev–Trinajstić information content (AvgIpc) is 3.26. The summed E-state index contributed by atoms with van der Waals surface area (Å²) >= 11 is 0. The summed E-state index contributed by atoms with van der Waals surface area (Å²) in [7, 11) is 1.86. The zero-order chi connectivity index (χ0) is 17.2. The smallest absolute Gasteiger partial charge is 0.235 e. The Kier molecular flexibility index (Phi) is 3.81. The van der Waals surface area contributed by atoms with Crippen molar-refractivity contribution in [2.24, 2.45) is 12.2 Å². The highest BCUT2D eigenvalue weighted by molar-refractivity contribution is 5.79. The fourth-order valence-corrected chi connectivity index (χ4v) is 2.58. The highest BCUT2D eigenvalue weighted by atomic mass is 16.7. The first-order valence-electron chi connectivity index (χ1n) is 7.82. The van der Waals surface area contributed by atoms with Gasteiger partial charge in [-0.05, 0) is 29.8 Å². The number of ether oxygens (including phenoxy) is 1. The summed E-state index contributed by atoms with van der Waals surface area (Å²) in [6.07, 6.45) is 5.63. The van der Waals surface area contributed by atoms with Crippen LogP contribution >= 0.6 is 0 Å². The summed E-state index contributed by atoms with van der Waals surface area (Å²) in [5.74, 6) is 1.31. The molecule has 1 aliphatic rings. The van der Waals surface area contributed by atoms with Crippen LogP contribution in [0, 0.1) is 0 Å². The maximum atomic E-state index is 9.35. The minimum Gasteiger partial charge on any atom is -0.508 e. The molecule has 1 N–H and O–H groups in total. The monoisotopic (exact) mass is 336 g/mol. The second-order valence-corrected chi connectivity index (χ2v) is 5.76. The molecule has 126 valence electrons. The number of hydrogen-bond acceptors (Lipinski definition) is 6. The molecule has 7 heteroatoms. The van der Waals surface area contributed by atoms with Crippen molar-refractivity contribution in [3.05, 3.63) is 60.6 Å². The van der Waals surface area contributed by atoms with Crippen molar-refractivity contribution >= 4 is 5.90 Å². The normalized spacial score (nSPS) is 16.4. The number of benzene rings is 1. The van der Waals surface area contributed by atoms with Crippen LogP contribution in [-0.2, 0) is 11.9 Å². The van der Waals surface area contributed by atoms with Gasteiger partial charge in [-0.15, -0.1) is 0 Å². The van der Waals surface area contributed by atoms with Crippen molar-refractivity contribution in [1.82, 2.24) is 14.8 Å². The van der Waals surface area contributed by atoms with E-state index in [0.29, 0.717) is 18.1 Å². The van der Waals surface area contributed by atoms with Crippen molar-refractivity contribution in [3.63, 3.8) is 0 Å². The largest absolute Gasteiger partial charge is 0.508 e. The summed E-state index contributed by atoms with van der Waals surface area (Å²) in [4.78, 5) is 9.80. The predicted molar refractivity (Wildman–Crippen MR) is 91.1 cm³/mol. The lowest BCUT2D eigenvalue weighted by molar-refractivity contribution is 0.0855. The Hall–Kier alpha value is -3.35. The average molecular weight is 336 g/mol.